The fourth-order valence-electron chi connectivity index (χ4n) is 4.32. The number of benzene rings is 2. The summed E-state index contributed by atoms with van der Waals surface area (Å²) < 4.78 is 0. The predicted molar refractivity (Wildman–Crippen MR) is 143 cm³/mol. The molecule has 208 valence electrons. The highest BCUT2D eigenvalue weighted by Gasteiger charge is 2.27. The van der Waals surface area contributed by atoms with Crippen molar-refractivity contribution in [3.05, 3.63) is 59.7 Å². The van der Waals surface area contributed by atoms with E-state index in [0.29, 0.717) is 19.5 Å². The van der Waals surface area contributed by atoms with Crippen LogP contribution in [0.1, 0.15) is 30.4 Å². The lowest BCUT2D eigenvalue weighted by Crippen LogP contribution is -2.47. The zero-order chi connectivity index (χ0) is 27.2. The Balaban J connectivity index is 2.02. The summed E-state index contributed by atoms with van der Waals surface area (Å²) in [6.45, 7) is 0.702. The minimum atomic E-state index is -1.44. The van der Waals surface area contributed by atoms with Crippen LogP contribution in [0, 0.1) is 0 Å². The van der Waals surface area contributed by atoms with E-state index < -0.39 is 30.5 Å². The number of rotatable bonds is 18. The highest BCUT2D eigenvalue weighted by atomic mass is 16.4. The van der Waals surface area contributed by atoms with Crippen molar-refractivity contribution in [2.45, 2.75) is 62.6 Å². The predicted octanol–water partition coefficient (Wildman–Crippen LogP) is -0.341. The summed E-state index contributed by atoms with van der Waals surface area (Å²) in [5, 5.41) is 69.0. The van der Waals surface area contributed by atoms with Gasteiger partial charge < -0.3 is 41.5 Å². The van der Waals surface area contributed by atoms with E-state index in [9.17, 15) is 25.5 Å². The first-order valence-electron chi connectivity index (χ1n) is 13.0. The SMILES string of the molecule is NCCc1ccc(-c2ccc(CCN(C[C@H](O)C[C@H](O)CCO)C[C@H](O)[C@@H](O)[C@H](O)CCO)cc2)cc1. The minimum Gasteiger partial charge on any atom is -0.396 e. The Bertz CT molecular complexity index is 866. The lowest BCUT2D eigenvalue weighted by atomic mass is 10.0. The molecule has 0 aliphatic carbocycles. The lowest BCUT2D eigenvalue weighted by molar-refractivity contribution is -0.0775. The molecule has 0 aromatic heterocycles. The van der Waals surface area contributed by atoms with Crippen LogP contribution in [0.4, 0.5) is 0 Å². The van der Waals surface area contributed by atoms with Gasteiger partial charge >= 0.3 is 0 Å². The molecule has 37 heavy (non-hydrogen) atoms. The van der Waals surface area contributed by atoms with Gasteiger partial charge in [-0.25, -0.2) is 0 Å². The number of hydrogen-bond donors (Lipinski definition) is 8. The molecular weight excluding hydrogens is 476 g/mol. The normalized spacial score (nSPS) is 15.9. The third kappa shape index (κ3) is 11.2. The molecule has 9 heteroatoms. The van der Waals surface area contributed by atoms with E-state index in [4.69, 9.17) is 15.9 Å². The molecule has 0 unspecified atom stereocenters. The van der Waals surface area contributed by atoms with Gasteiger partial charge in [-0.3, -0.25) is 4.90 Å². The summed E-state index contributed by atoms with van der Waals surface area (Å²) in [7, 11) is 0. The molecule has 0 fully saturated rings. The Morgan fingerprint density at radius 3 is 1.70 bits per heavy atom. The Morgan fingerprint density at radius 2 is 1.19 bits per heavy atom. The molecule has 0 aliphatic heterocycles. The summed E-state index contributed by atoms with van der Waals surface area (Å²) in [6, 6.07) is 16.4. The van der Waals surface area contributed by atoms with E-state index >= 15 is 0 Å². The van der Waals surface area contributed by atoms with Crippen LogP contribution in [-0.2, 0) is 12.8 Å². The van der Waals surface area contributed by atoms with Crippen LogP contribution < -0.4 is 5.73 Å². The second-order valence-electron chi connectivity index (χ2n) is 9.64. The maximum atomic E-state index is 10.5. The zero-order valence-corrected chi connectivity index (χ0v) is 21.4. The van der Waals surface area contributed by atoms with Gasteiger partial charge in [-0.05, 0) is 54.5 Å². The quantitative estimate of drug-likeness (QED) is 0.131. The average molecular weight is 521 g/mol. The zero-order valence-electron chi connectivity index (χ0n) is 21.4. The molecule has 9 nitrogen and oxygen atoms in total. The van der Waals surface area contributed by atoms with E-state index in [1.807, 2.05) is 24.3 Å². The smallest absolute Gasteiger partial charge is 0.107 e. The fraction of sp³-hybridized carbons (Fsp3) is 0.571. The molecule has 9 N–H and O–H groups in total. The number of hydrogen-bond acceptors (Lipinski definition) is 9. The Labute approximate surface area is 219 Å². The molecule has 0 radical (unpaired) electrons. The topological polar surface area (TPSA) is 171 Å². The fourth-order valence-corrected chi connectivity index (χ4v) is 4.32. The summed E-state index contributed by atoms with van der Waals surface area (Å²) >= 11 is 0. The van der Waals surface area contributed by atoms with Gasteiger partial charge in [-0.1, -0.05) is 48.5 Å². The van der Waals surface area contributed by atoms with Crippen molar-refractivity contribution in [3.8, 4) is 11.1 Å². The van der Waals surface area contributed by atoms with E-state index in [-0.39, 0.29) is 45.6 Å². The molecule has 0 heterocycles. The minimum absolute atomic E-state index is 0.00988. The van der Waals surface area contributed by atoms with Crippen molar-refractivity contribution in [2.24, 2.45) is 5.73 Å². The Morgan fingerprint density at radius 1 is 0.649 bits per heavy atom. The average Bonchev–Trinajstić information content (AvgIpc) is 2.88. The van der Waals surface area contributed by atoms with Crippen LogP contribution in [0.15, 0.2) is 48.5 Å². The van der Waals surface area contributed by atoms with Crippen molar-refractivity contribution in [1.82, 2.24) is 4.90 Å². The maximum Gasteiger partial charge on any atom is 0.107 e. The monoisotopic (exact) mass is 520 g/mol. The van der Waals surface area contributed by atoms with Crippen LogP contribution in [0.5, 0.6) is 0 Å². The third-order valence-corrected chi connectivity index (χ3v) is 6.52. The number of aliphatic hydroxyl groups is 7. The van der Waals surface area contributed by atoms with Gasteiger partial charge in [0, 0.05) is 39.3 Å². The molecule has 0 saturated heterocycles. The molecule has 2 rings (SSSR count). The molecular formula is C28H44N2O7. The molecule has 0 amide bonds. The second-order valence-corrected chi connectivity index (χ2v) is 9.64. The standard InChI is InChI=1S/C28H44N2O7/c29-13-9-20-1-5-22(6-2-20)23-7-3-21(4-8-23)10-14-30(18-25(34)17-24(33)11-15-31)19-27(36)28(37)26(35)12-16-32/h1-8,24-28,31-37H,9-19,29H2/t24-,25-,26-,27+,28+/m1/s1. The first-order valence-corrected chi connectivity index (χ1v) is 13.0. The van der Waals surface area contributed by atoms with Gasteiger partial charge in [-0.2, -0.15) is 0 Å². The summed E-state index contributed by atoms with van der Waals surface area (Å²) in [4.78, 5) is 1.78. The first-order chi connectivity index (χ1) is 17.8. The third-order valence-electron chi connectivity index (χ3n) is 6.52. The molecule has 5 atom stereocenters. The van der Waals surface area contributed by atoms with Crippen LogP contribution in [-0.4, -0.2) is 111 Å². The van der Waals surface area contributed by atoms with Gasteiger partial charge in [-0.15, -0.1) is 0 Å². The van der Waals surface area contributed by atoms with Crippen LogP contribution in [0.2, 0.25) is 0 Å². The summed E-state index contributed by atoms with van der Waals surface area (Å²) in [5.41, 5.74) is 10.1. The number of nitrogens with two attached hydrogens (primary N) is 1. The Kier molecular flexibility index (Phi) is 14.2. The molecule has 0 saturated carbocycles. The van der Waals surface area contributed by atoms with E-state index in [1.165, 1.54) is 5.56 Å². The molecule has 0 aliphatic rings. The van der Waals surface area contributed by atoms with Gasteiger partial charge in [0.05, 0.1) is 24.4 Å². The highest BCUT2D eigenvalue weighted by Crippen LogP contribution is 2.21. The van der Waals surface area contributed by atoms with E-state index in [0.717, 1.165) is 23.1 Å². The van der Waals surface area contributed by atoms with Gasteiger partial charge in [0.2, 0.25) is 0 Å². The summed E-state index contributed by atoms with van der Waals surface area (Å²) in [6.07, 6.45) is -4.12. The molecule has 2 aromatic carbocycles. The van der Waals surface area contributed by atoms with Gasteiger partial charge in [0.15, 0.2) is 0 Å². The first kappa shape index (κ1) is 31.3. The Hall–Kier alpha value is -1.92. The lowest BCUT2D eigenvalue weighted by Gasteiger charge is -2.31. The van der Waals surface area contributed by atoms with Crippen LogP contribution >= 0.6 is 0 Å². The van der Waals surface area contributed by atoms with Crippen molar-refractivity contribution in [3.63, 3.8) is 0 Å². The van der Waals surface area contributed by atoms with Crippen LogP contribution in [0.25, 0.3) is 11.1 Å². The highest BCUT2D eigenvalue weighted by molar-refractivity contribution is 5.64. The van der Waals surface area contributed by atoms with Gasteiger partial charge in [0.25, 0.3) is 0 Å². The number of aliphatic hydroxyl groups excluding tert-OH is 7. The van der Waals surface area contributed by atoms with E-state index in [1.54, 1.807) is 4.90 Å². The molecule has 2 aromatic rings. The van der Waals surface area contributed by atoms with E-state index in [2.05, 4.69) is 24.3 Å². The van der Waals surface area contributed by atoms with Crippen LogP contribution in [0.3, 0.4) is 0 Å². The van der Waals surface area contributed by atoms with Gasteiger partial charge in [0.1, 0.15) is 6.10 Å². The van der Waals surface area contributed by atoms with Crippen molar-refractivity contribution < 1.29 is 35.7 Å². The second kappa shape index (κ2) is 16.8. The maximum absolute atomic E-state index is 10.5. The summed E-state index contributed by atoms with van der Waals surface area (Å²) in [5.74, 6) is 0. The van der Waals surface area contributed by atoms with Crippen molar-refractivity contribution in [1.29, 1.82) is 0 Å². The van der Waals surface area contributed by atoms with Crippen molar-refractivity contribution in [2.75, 3.05) is 39.4 Å². The molecule has 0 spiro atoms. The largest absolute Gasteiger partial charge is 0.396 e. The molecule has 0 bridgehead atoms. The van der Waals surface area contributed by atoms with Crippen molar-refractivity contribution >= 4 is 0 Å². The number of nitrogens with zero attached hydrogens (tertiary/aromatic N) is 1.